The minimum atomic E-state index is -0.414. The van der Waals surface area contributed by atoms with E-state index in [4.69, 9.17) is 13.1 Å². The molecule has 0 aliphatic carbocycles. The molecule has 0 unspecified atom stereocenters. The van der Waals surface area contributed by atoms with E-state index in [0.717, 1.165) is 63.7 Å². The second-order valence-electron chi connectivity index (χ2n) is 10.0. The predicted molar refractivity (Wildman–Crippen MR) is 164 cm³/mol. The molecule has 2 rings (SSSR count). The lowest BCUT2D eigenvalue weighted by Crippen LogP contribution is -2.28. The number of amides is 2. The fourth-order valence-electron chi connectivity index (χ4n) is 4.57. The largest absolute Gasteiger partial charge is 0.372 e. The lowest BCUT2D eigenvalue weighted by Gasteiger charge is -2.25. The van der Waals surface area contributed by atoms with Crippen molar-refractivity contribution in [3.8, 4) is 6.07 Å². The quantitative estimate of drug-likeness (QED) is 0.134. The molecule has 8 heteroatoms. The minimum absolute atomic E-state index is 0.00854. The summed E-state index contributed by atoms with van der Waals surface area (Å²) in [6.45, 7) is 26.3. The summed E-state index contributed by atoms with van der Waals surface area (Å²) in [5, 5.41) is 12.5. The first-order chi connectivity index (χ1) is 19.9. The number of allylic oxidation sites excluding steroid dienone is 1. The van der Waals surface area contributed by atoms with Crippen LogP contribution in [0.2, 0.25) is 0 Å². The van der Waals surface area contributed by atoms with Crippen LogP contribution < -0.4 is 10.2 Å². The van der Waals surface area contributed by atoms with Crippen molar-refractivity contribution in [2.45, 2.75) is 79.1 Å². The number of nitriles is 1. The summed E-state index contributed by atoms with van der Waals surface area (Å²) in [7, 11) is 0. The SMILES string of the molecule is [C-]#[N+]C1=C(/C=C/c2ccc(N(CCCC)CCCC)cc2C(=O)NCCCC)C(=O)N(CCCC)/C1=C(\C#N)[N+]#[C-]. The number of unbranched alkanes of at least 4 members (excludes halogenated alkanes) is 4. The average Bonchev–Trinajstić information content (AvgIpc) is 3.25. The van der Waals surface area contributed by atoms with Crippen LogP contribution in [0.5, 0.6) is 0 Å². The number of anilines is 1. The van der Waals surface area contributed by atoms with Gasteiger partial charge >= 0.3 is 0 Å². The molecule has 0 spiro atoms. The number of nitrogens with zero attached hydrogens (tertiary/aromatic N) is 5. The maximum Gasteiger partial charge on any atom is 0.274 e. The van der Waals surface area contributed by atoms with Gasteiger partial charge in [-0.05, 0) is 43.4 Å². The molecule has 216 valence electrons. The number of rotatable bonds is 16. The summed E-state index contributed by atoms with van der Waals surface area (Å²) < 4.78 is 0. The Morgan fingerprint density at radius 3 is 2.24 bits per heavy atom. The Bertz CT molecular complexity index is 1280. The zero-order valence-corrected chi connectivity index (χ0v) is 24.9. The fourth-order valence-corrected chi connectivity index (χ4v) is 4.57. The number of carbonyl (C=O) groups excluding carboxylic acids is 2. The van der Waals surface area contributed by atoms with Crippen LogP contribution in [0.4, 0.5) is 5.69 Å². The molecule has 0 atom stereocenters. The average molecular weight is 555 g/mol. The summed E-state index contributed by atoms with van der Waals surface area (Å²) >= 11 is 0. The Hall–Kier alpha value is -4.35. The number of hydrogen-bond donors (Lipinski definition) is 1. The van der Waals surface area contributed by atoms with Crippen molar-refractivity contribution in [2.24, 2.45) is 0 Å². The van der Waals surface area contributed by atoms with Gasteiger partial charge in [-0.25, -0.2) is 15.0 Å². The Morgan fingerprint density at radius 1 is 1.02 bits per heavy atom. The van der Waals surface area contributed by atoms with Gasteiger partial charge in [0.25, 0.3) is 11.6 Å². The number of carbonyl (C=O) groups is 2. The molecule has 0 radical (unpaired) electrons. The highest BCUT2D eigenvalue weighted by Gasteiger charge is 2.36. The maximum atomic E-state index is 13.4. The van der Waals surface area contributed by atoms with Crippen LogP contribution in [-0.2, 0) is 4.79 Å². The first-order valence-corrected chi connectivity index (χ1v) is 14.7. The molecule has 0 fully saturated rings. The van der Waals surface area contributed by atoms with E-state index in [9.17, 15) is 14.9 Å². The van der Waals surface area contributed by atoms with Gasteiger partial charge in [-0.2, -0.15) is 0 Å². The van der Waals surface area contributed by atoms with Gasteiger partial charge in [-0.3, -0.25) is 9.59 Å². The van der Waals surface area contributed by atoms with Gasteiger partial charge in [0, 0.05) is 43.0 Å². The molecule has 0 saturated heterocycles. The van der Waals surface area contributed by atoms with Crippen LogP contribution in [0.1, 0.15) is 95.0 Å². The van der Waals surface area contributed by atoms with E-state index in [0.29, 0.717) is 30.6 Å². The first kappa shape index (κ1) is 32.9. The monoisotopic (exact) mass is 554 g/mol. The van der Waals surface area contributed by atoms with Crippen molar-refractivity contribution in [3.63, 3.8) is 0 Å². The van der Waals surface area contributed by atoms with Crippen molar-refractivity contribution in [1.82, 2.24) is 10.2 Å². The van der Waals surface area contributed by atoms with Crippen LogP contribution in [-0.4, -0.2) is 42.9 Å². The van der Waals surface area contributed by atoms with Crippen molar-refractivity contribution in [2.75, 3.05) is 31.1 Å². The second-order valence-corrected chi connectivity index (χ2v) is 10.0. The summed E-state index contributed by atoms with van der Waals surface area (Å²) in [5.74, 6) is -0.601. The van der Waals surface area contributed by atoms with Crippen molar-refractivity contribution in [1.29, 1.82) is 5.26 Å². The highest BCUT2D eigenvalue weighted by Crippen LogP contribution is 2.35. The third-order valence-electron chi connectivity index (χ3n) is 6.97. The molecule has 1 aromatic rings. The zero-order chi connectivity index (χ0) is 30.2. The van der Waals surface area contributed by atoms with Gasteiger partial charge in [0.2, 0.25) is 11.6 Å². The highest BCUT2D eigenvalue weighted by atomic mass is 16.2. The van der Waals surface area contributed by atoms with Crippen LogP contribution in [0.25, 0.3) is 15.8 Å². The van der Waals surface area contributed by atoms with Crippen molar-refractivity contribution < 1.29 is 9.59 Å². The van der Waals surface area contributed by atoms with Crippen molar-refractivity contribution in [3.05, 3.63) is 80.9 Å². The molecular formula is C33H42N6O2. The topological polar surface area (TPSA) is 85.2 Å². The Balaban J connectivity index is 2.61. The summed E-state index contributed by atoms with van der Waals surface area (Å²) in [5.41, 5.74) is 2.02. The van der Waals surface area contributed by atoms with Gasteiger partial charge in [0.15, 0.2) is 0 Å². The molecule has 41 heavy (non-hydrogen) atoms. The van der Waals surface area contributed by atoms with Gasteiger partial charge in [-0.1, -0.05) is 71.6 Å². The van der Waals surface area contributed by atoms with Gasteiger partial charge < -0.3 is 15.1 Å². The number of nitrogens with one attached hydrogen (secondary N) is 1. The van der Waals surface area contributed by atoms with Crippen LogP contribution in [0.3, 0.4) is 0 Å². The molecule has 1 aliphatic rings. The standard InChI is InChI=1S/C33H42N6O2/c1-7-11-19-37-32(40)28-23-26(38(20-12-8-2)21-13-9-3)17-15-25(28)16-18-27-30(36-6)31(29(24-34)35-5)39(33(27)41)22-14-10-4/h15-18,23H,7-14,19-22H2,1-4H3,(H,37,40)/b18-16+,31-29+. The smallest absolute Gasteiger partial charge is 0.274 e. The first-order valence-electron chi connectivity index (χ1n) is 14.7. The van der Waals surface area contributed by atoms with Gasteiger partial charge in [0.1, 0.15) is 0 Å². The van der Waals surface area contributed by atoms with E-state index in [1.807, 2.05) is 31.2 Å². The van der Waals surface area contributed by atoms with Crippen LogP contribution >= 0.6 is 0 Å². The second kappa shape index (κ2) is 17.4. The third-order valence-corrected chi connectivity index (χ3v) is 6.97. The molecular weight excluding hydrogens is 512 g/mol. The fraction of sp³-hybridized carbons (Fsp3) is 0.485. The summed E-state index contributed by atoms with van der Waals surface area (Å²) in [4.78, 5) is 37.3. The summed E-state index contributed by atoms with van der Waals surface area (Å²) in [6, 6.07) is 7.64. The molecule has 2 amide bonds. The molecule has 1 aliphatic heterocycles. The molecule has 1 N–H and O–H groups in total. The third kappa shape index (κ3) is 8.57. The maximum absolute atomic E-state index is 13.4. The molecule has 1 aromatic carbocycles. The van der Waals surface area contributed by atoms with E-state index < -0.39 is 5.91 Å². The normalized spacial score (nSPS) is 14.2. The van der Waals surface area contributed by atoms with Gasteiger partial charge in [0.05, 0.1) is 24.9 Å². The lowest BCUT2D eigenvalue weighted by molar-refractivity contribution is -0.124. The Kier molecular flexibility index (Phi) is 13.9. The zero-order valence-electron chi connectivity index (χ0n) is 24.9. The van der Waals surface area contributed by atoms with E-state index in [1.54, 1.807) is 12.2 Å². The van der Waals surface area contributed by atoms with Gasteiger partial charge in [-0.15, -0.1) is 0 Å². The van der Waals surface area contributed by atoms with E-state index in [-0.39, 0.29) is 28.6 Å². The van der Waals surface area contributed by atoms with E-state index in [2.05, 4.69) is 40.7 Å². The molecule has 0 aromatic heterocycles. The number of benzene rings is 1. The van der Waals surface area contributed by atoms with E-state index in [1.165, 1.54) is 4.90 Å². The molecule has 0 saturated carbocycles. The molecule has 1 heterocycles. The highest BCUT2D eigenvalue weighted by molar-refractivity contribution is 6.05. The Morgan fingerprint density at radius 2 is 1.68 bits per heavy atom. The van der Waals surface area contributed by atoms with Crippen molar-refractivity contribution >= 4 is 23.6 Å². The van der Waals surface area contributed by atoms with Crippen LogP contribution in [0, 0.1) is 24.5 Å². The van der Waals surface area contributed by atoms with E-state index >= 15 is 0 Å². The molecule has 0 bridgehead atoms. The Labute approximate surface area is 245 Å². The molecule has 8 nitrogen and oxygen atoms in total. The number of hydrogen-bond acceptors (Lipinski definition) is 4. The predicted octanol–water partition coefficient (Wildman–Crippen LogP) is 7.11. The van der Waals surface area contributed by atoms with Crippen LogP contribution in [0.15, 0.2) is 46.9 Å². The lowest BCUT2D eigenvalue weighted by atomic mass is 10.0. The summed E-state index contributed by atoms with van der Waals surface area (Å²) in [6.07, 6.45) is 10.8. The minimum Gasteiger partial charge on any atom is -0.372 e.